The van der Waals surface area contributed by atoms with Gasteiger partial charge in [-0.15, -0.1) is 0 Å². The van der Waals surface area contributed by atoms with Crippen molar-refractivity contribution in [2.45, 2.75) is 32.1 Å². The lowest BCUT2D eigenvalue weighted by atomic mass is 9.98. The van der Waals surface area contributed by atoms with Crippen molar-refractivity contribution in [3.05, 3.63) is 23.9 Å². The highest BCUT2D eigenvalue weighted by molar-refractivity contribution is 5.98. The SMILES string of the molecule is CN1CCCC(CNc2ncccc2C(=O)N2CCCCC2)C1. The Balaban J connectivity index is 1.64. The maximum Gasteiger partial charge on any atom is 0.257 e. The molecule has 0 aliphatic carbocycles. The lowest BCUT2D eigenvalue weighted by Crippen LogP contribution is -2.37. The zero-order valence-electron chi connectivity index (χ0n) is 14.1. The van der Waals surface area contributed by atoms with Gasteiger partial charge in [0.1, 0.15) is 5.82 Å². The second-order valence-corrected chi connectivity index (χ2v) is 6.90. The van der Waals surface area contributed by atoms with Gasteiger partial charge in [-0.2, -0.15) is 0 Å². The Morgan fingerprint density at radius 2 is 2.09 bits per heavy atom. The number of nitrogens with one attached hydrogen (secondary N) is 1. The van der Waals surface area contributed by atoms with Crippen LogP contribution < -0.4 is 5.32 Å². The van der Waals surface area contributed by atoms with Crippen molar-refractivity contribution >= 4 is 11.7 Å². The van der Waals surface area contributed by atoms with E-state index in [1.165, 1.54) is 25.8 Å². The number of carbonyl (C=O) groups excluding carboxylic acids is 1. The maximum absolute atomic E-state index is 12.8. The number of hydrogen-bond acceptors (Lipinski definition) is 4. The normalized spacial score (nSPS) is 22.8. The Kier molecular flexibility index (Phi) is 5.49. The highest BCUT2D eigenvalue weighted by Gasteiger charge is 2.22. The molecule has 23 heavy (non-hydrogen) atoms. The third-order valence-corrected chi connectivity index (χ3v) is 4.96. The van der Waals surface area contributed by atoms with E-state index in [9.17, 15) is 4.79 Å². The molecule has 0 spiro atoms. The number of carbonyl (C=O) groups is 1. The molecule has 0 bridgehead atoms. The molecule has 2 aliphatic heterocycles. The summed E-state index contributed by atoms with van der Waals surface area (Å²) in [6.45, 7) is 4.96. The standard InChI is InChI=1S/C18H28N4O/c1-21-10-6-7-15(14-21)13-20-17-16(8-5-9-19-17)18(23)22-11-3-2-4-12-22/h5,8-9,15H,2-4,6-7,10-14H2,1H3,(H,19,20). The summed E-state index contributed by atoms with van der Waals surface area (Å²) in [5.41, 5.74) is 0.721. The molecular formula is C18H28N4O. The van der Waals surface area contributed by atoms with Gasteiger partial charge in [0, 0.05) is 32.4 Å². The van der Waals surface area contributed by atoms with Gasteiger partial charge in [-0.3, -0.25) is 4.79 Å². The van der Waals surface area contributed by atoms with Crippen molar-refractivity contribution in [3.63, 3.8) is 0 Å². The molecule has 1 atom stereocenters. The largest absolute Gasteiger partial charge is 0.369 e. The highest BCUT2D eigenvalue weighted by atomic mass is 16.2. The minimum atomic E-state index is 0.126. The topological polar surface area (TPSA) is 48.5 Å². The number of hydrogen-bond donors (Lipinski definition) is 1. The van der Waals surface area contributed by atoms with Crippen molar-refractivity contribution in [1.29, 1.82) is 0 Å². The lowest BCUT2D eigenvalue weighted by Gasteiger charge is -2.30. The Morgan fingerprint density at radius 3 is 2.87 bits per heavy atom. The molecule has 5 heteroatoms. The molecule has 1 aromatic rings. The average molecular weight is 316 g/mol. The van der Waals surface area contributed by atoms with Crippen LogP contribution in [0, 0.1) is 5.92 Å². The average Bonchev–Trinajstić information content (AvgIpc) is 2.60. The fourth-order valence-electron chi connectivity index (χ4n) is 3.67. The summed E-state index contributed by atoms with van der Waals surface area (Å²) >= 11 is 0. The minimum Gasteiger partial charge on any atom is -0.369 e. The molecule has 0 aromatic carbocycles. The molecule has 2 aliphatic rings. The highest BCUT2D eigenvalue weighted by Crippen LogP contribution is 2.20. The van der Waals surface area contributed by atoms with Gasteiger partial charge in [0.05, 0.1) is 5.56 Å². The Morgan fingerprint density at radius 1 is 1.26 bits per heavy atom. The van der Waals surface area contributed by atoms with E-state index < -0.39 is 0 Å². The van der Waals surface area contributed by atoms with E-state index >= 15 is 0 Å². The zero-order valence-corrected chi connectivity index (χ0v) is 14.1. The molecule has 1 unspecified atom stereocenters. The number of pyridine rings is 1. The number of nitrogens with zero attached hydrogens (tertiary/aromatic N) is 3. The van der Waals surface area contributed by atoms with Crippen LogP contribution in [0.15, 0.2) is 18.3 Å². The quantitative estimate of drug-likeness (QED) is 0.927. The monoisotopic (exact) mass is 316 g/mol. The smallest absolute Gasteiger partial charge is 0.257 e. The molecule has 1 N–H and O–H groups in total. The van der Waals surface area contributed by atoms with Crippen LogP contribution in [0.4, 0.5) is 5.82 Å². The predicted molar refractivity (Wildman–Crippen MR) is 92.7 cm³/mol. The van der Waals surface area contributed by atoms with E-state index in [4.69, 9.17) is 0 Å². The second kappa shape index (κ2) is 7.77. The van der Waals surface area contributed by atoms with E-state index in [0.29, 0.717) is 5.92 Å². The molecule has 1 amide bonds. The number of amides is 1. The number of rotatable bonds is 4. The van der Waals surface area contributed by atoms with E-state index in [-0.39, 0.29) is 5.91 Å². The van der Waals surface area contributed by atoms with Gasteiger partial charge in [0.25, 0.3) is 5.91 Å². The first-order valence-electron chi connectivity index (χ1n) is 8.91. The number of aromatic nitrogens is 1. The third kappa shape index (κ3) is 4.22. The van der Waals surface area contributed by atoms with Crippen molar-refractivity contribution in [3.8, 4) is 0 Å². The fraction of sp³-hybridized carbons (Fsp3) is 0.667. The molecule has 2 fully saturated rings. The van der Waals surface area contributed by atoms with Crippen molar-refractivity contribution in [2.75, 3.05) is 45.1 Å². The Hall–Kier alpha value is -1.62. The van der Waals surface area contributed by atoms with Gasteiger partial charge in [-0.1, -0.05) is 0 Å². The number of piperidine rings is 2. The Labute approximate surface area is 139 Å². The predicted octanol–water partition coefficient (Wildman–Crippen LogP) is 2.46. The van der Waals surface area contributed by atoms with Gasteiger partial charge in [-0.25, -0.2) is 4.98 Å². The summed E-state index contributed by atoms with van der Waals surface area (Å²) < 4.78 is 0. The van der Waals surface area contributed by atoms with Crippen LogP contribution in [0.3, 0.4) is 0 Å². The summed E-state index contributed by atoms with van der Waals surface area (Å²) in [6.07, 6.45) is 7.73. The molecule has 5 nitrogen and oxygen atoms in total. The number of likely N-dealkylation sites (tertiary alicyclic amines) is 2. The maximum atomic E-state index is 12.8. The van der Waals surface area contributed by atoms with Gasteiger partial charge in [0.15, 0.2) is 0 Å². The zero-order chi connectivity index (χ0) is 16.1. The summed E-state index contributed by atoms with van der Waals surface area (Å²) in [7, 11) is 2.18. The lowest BCUT2D eigenvalue weighted by molar-refractivity contribution is 0.0725. The van der Waals surface area contributed by atoms with Crippen LogP contribution in [-0.2, 0) is 0 Å². The van der Waals surface area contributed by atoms with Crippen LogP contribution >= 0.6 is 0 Å². The van der Waals surface area contributed by atoms with Crippen LogP contribution in [0.1, 0.15) is 42.5 Å². The van der Waals surface area contributed by atoms with Gasteiger partial charge in [0.2, 0.25) is 0 Å². The van der Waals surface area contributed by atoms with Crippen LogP contribution in [0.2, 0.25) is 0 Å². The van der Waals surface area contributed by atoms with Crippen molar-refractivity contribution < 1.29 is 4.79 Å². The fourth-order valence-corrected chi connectivity index (χ4v) is 3.67. The first-order chi connectivity index (χ1) is 11.2. The first kappa shape index (κ1) is 16.2. The Bertz CT molecular complexity index is 528. The van der Waals surface area contributed by atoms with Crippen LogP contribution in [0.25, 0.3) is 0 Å². The van der Waals surface area contributed by atoms with Gasteiger partial charge >= 0.3 is 0 Å². The number of anilines is 1. The molecular weight excluding hydrogens is 288 g/mol. The van der Waals surface area contributed by atoms with Crippen LogP contribution in [0.5, 0.6) is 0 Å². The van der Waals surface area contributed by atoms with Crippen molar-refractivity contribution in [2.24, 2.45) is 5.92 Å². The first-order valence-corrected chi connectivity index (χ1v) is 8.91. The molecule has 1 aromatic heterocycles. The third-order valence-electron chi connectivity index (χ3n) is 4.96. The molecule has 3 rings (SSSR count). The van der Waals surface area contributed by atoms with E-state index in [1.54, 1.807) is 6.20 Å². The summed E-state index contributed by atoms with van der Waals surface area (Å²) in [4.78, 5) is 21.5. The minimum absolute atomic E-state index is 0.126. The molecule has 2 saturated heterocycles. The summed E-state index contributed by atoms with van der Waals surface area (Å²) in [5, 5.41) is 3.44. The second-order valence-electron chi connectivity index (χ2n) is 6.90. The molecule has 0 saturated carbocycles. The molecule has 3 heterocycles. The van der Waals surface area contributed by atoms with Crippen LogP contribution in [-0.4, -0.2) is 60.5 Å². The van der Waals surface area contributed by atoms with E-state index in [2.05, 4.69) is 22.2 Å². The van der Waals surface area contributed by atoms with E-state index in [0.717, 1.165) is 50.4 Å². The van der Waals surface area contributed by atoms with Crippen molar-refractivity contribution in [1.82, 2.24) is 14.8 Å². The van der Waals surface area contributed by atoms with Gasteiger partial charge < -0.3 is 15.1 Å². The van der Waals surface area contributed by atoms with E-state index in [1.807, 2.05) is 17.0 Å². The van der Waals surface area contributed by atoms with Gasteiger partial charge in [-0.05, 0) is 63.7 Å². The summed E-state index contributed by atoms with van der Waals surface area (Å²) in [6, 6.07) is 3.76. The molecule has 126 valence electrons. The summed E-state index contributed by atoms with van der Waals surface area (Å²) in [5.74, 6) is 1.51. The molecule has 0 radical (unpaired) electrons.